The van der Waals surface area contributed by atoms with Crippen molar-refractivity contribution in [2.75, 3.05) is 6.54 Å². The van der Waals surface area contributed by atoms with Gasteiger partial charge in [-0.3, -0.25) is 0 Å². The molecule has 0 bridgehead atoms. The lowest BCUT2D eigenvalue weighted by molar-refractivity contribution is 0.436. The lowest BCUT2D eigenvalue weighted by Crippen LogP contribution is -2.32. The zero-order valence-electron chi connectivity index (χ0n) is 13.7. The van der Waals surface area contributed by atoms with E-state index in [1.807, 2.05) is 0 Å². The lowest BCUT2D eigenvalue weighted by atomic mass is 9.86. The van der Waals surface area contributed by atoms with Gasteiger partial charge in [0.25, 0.3) is 0 Å². The van der Waals surface area contributed by atoms with Crippen molar-refractivity contribution in [2.24, 2.45) is 5.92 Å². The molecule has 0 radical (unpaired) electrons. The molecule has 1 N–H and O–H groups in total. The molecule has 0 aliphatic heterocycles. The first kappa shape index (κ1) is 15.6. The average molecular weight is 273 g/mol. The van der Waals surface area contributed by atoms with Crippen LogP contribution in [0.4, 0.5) is 0 Å². The minimum absolute atomic E-state index is 0.262. The highest BCUT2D eigenvalue weighted by Gasteiger charge is 2.30. The summed E-state index contributed by atoms with van der Waals surface area (Å²) in [7, 11) is 0. The third kappa shape index (κ3) is 4.63. The predicted molar refractivity (Wildman–Crippen MR) is 88.3 cm³/mol. The summed E-state index contributed by atoms with van der Waals surface area (Å²) in [5.74, 6) is 0.954. The highest BCUT2D eigenvalue weighted by Crippen LogP contribution is 2.34. The number of hydrogen-bond acceptors (Lipinski definition) is 1. The number of aryl methyl sites for hydroxylation is 1. The Kier molecular flexibility index (Phi) is 5.26. The maximum atomic E-state index is 3.74. The van der Waals surface area contributed by atoms with Crippen molar-refractivity contribution in [2.45, 2.75) is 71.3 Å². The third-order valence-electron chi connectivity index (χ3n) is 4.41. The number of nitrogens with one attached hydrogen (secondary N) is 1. The maximum absolute atomic E-state index is 3.74. The van der Waals surface area contributed by atoms with Gasteiger partial charge in [-0.1, -0.05) is 52.0 Å². The van der Waals surface area contributed by atoms with E-state index in [2.05, 4.69) is 57.3 Å². The standard InChI is InChI=1S/C19H31N/c1-5-14-20-18(16-9-10-16)13-8-15-6-11-17(12-7-15)19(2,3)4/h6-7,11-12,16,18,20H,5,8-10,13-14H2,1-4H3. The van der Waals surface area contributed by atoms with Gasteiger partial charge in [0.05, 0.1) is 0 Å². The van der Waals surface area contributed by atoms with Gasteiger partial charge in [0.1, 0.15) is 0 Å². The van der Waals surface area contributed by atoms with Crippen LogP contribution < -0.4 is 5.32 Å². The van der Waals surface area contributed by atoms with E-state index in [1.54, 1.807) is 0 Å². The Bertz CT molecular complexity index is 395. The predicted octanol–water partition coefficient (Wildman–Crippen LogP) is 4.69. The van der Waals surface area contributed by atoms with Crippen LogP contribution in [0.3, 0.4) is 0 Å². The largest absolute Gasteiger partial charge is 0.314 e. The molecule has 1 aromatic rings. The summed E-state index contributed by atoms with van der Waals surface area (Å²) in [5.41, 5.74) is 3.18. The van der Waals surface area contributed by atoms with Crippen LogP contribution in [0.1, 0.15) is 64.5 Å². The summed E-state index contributed by atoms with van der Waals surface area (Å²) < 4.78 is 0. The molecule has 0 aromatic heterocycles. The van der Waals surface area contributed by atoms with E-state index in [1.165, 1.54) is 49.8 Å². The van der Waals surface area contributed by atoms with Gasteiger partial charge in [-0.15, -0.1) is 0 Å². The quantitative estimate of drug-likeness (QED) is 0.759. The molecule has 0 spiro atoms. The molecule has 0 amide bonds. The SMILES string of the molecule is CCCNC(CCc1ccc(C(C)(C)C)cc1)C1CC1. The van der Waals surface area contributed by atoms with Crippen LogP contribution in [0.25, 0.3) is 0 Å². The second-order valence-corrected chi connectivity index (χ2v) is 7.38. The summed E-state index contributed by atoms with van der Waals surface area (Å²) in [5, 5.41) is 3.74. The summed E-state index contributed by atoms with van der Waals surface area (Å²) in [6.07, 6.45) is 6.61. The van der Waals surface area contributed by atoms with Crippen LogP contribution in [-0.4, -0.2) is 12.6 Å². The van der Waals surface area contributed by atoms with E-state index in [0.717, 1.165) is 12.0 Å². The molecule has 1 saturated carbocycles. The van der Waals surface area contributed by atoms with Crippen LogP contribution in [0, 0.1) is 5.92 Å². The fourth-order valence-electron chi connectivity index (χ4n) is 2.83. The third-order valence-corrected chi connectivity index (χ3v) is 4.41. The smallest absolute Gasteiger partial charge is 0.00984 e. The Morgan fingerprint density at radius 3 is 2.30 bits per heavy atom. The number of benzene rings is 1. The van der Waals surface area contributed by atoms with Crippen molar-refractivity contribution >= 4 is 0 Å². The van der Waals surface area contributed by atoms with Crippen molar-refractivity contribution in [3.05, 3.63) is 35.4 Å². The van der Waals surface area contributed by atoms with Crippen LogP contribution in [0.2, 0.25) is 0 Å². The van der Waals surface area contributed by atoms with Crippen LogP contribution in [0.15, 0.2) is 24.3 Å². The van der Waals surface area contributed by atoms with E-state index in [0.29, 0.717) is 0 Å². The molecular formula is C19H31N. The van der Waals surface area contributed by atoms with Gasteiger partial charge in [0, 0.05) is 6.04 Å². The molecule has 1 fully saturated rings. The molecule has 1 aromatic carbocycles. The highest BCUT2D eigenvalue weighted by atomic mass is 14.9. The minimum Gasteiger partial charge on any atom is -0.314 e. The van der Waals surface area contributed by atoms with Gasteiger partial charge in [0.15, 0.2) is 0 Å². The lowest BCUT2D eigenvalue weighted by Gasteiger charge is -2.20. The summed E-state index contributed by atoms with van der Waals surface area (Å²) >= 11 is 0. The second-order valence-electron chi connectivity index (χ2n) is 7.38. The first-order valence-corrected chi connectivity index (χ1v) is 8.33. The van der Waals surface area contributed by atoms with E-state index in [9.17, 15) is 0 Å². The van der Waals surface area contributed by atoms with E-state index in [-0.39, 0.29) is 5.41 Å². The van der Waals surface area contributed by atoms with Crippen molar-refractivity contribution in [3.8, 4) is 0 Å². The molecule has 0 heterocycles. The Morgan fingerprint density at radius 1 is 1.15 bits per heavy atom. The highest BCUT2D eigenvalue weighted by molar-refractivity contribution is 5.27. The summed E-state index contributed by atoms with van der Waals surface area (Å²) in [6.45, 7) is 10.3. The Morgan fingerprint density at radius 2 is 1.80 bits per heavy atom. The van der Waals surface area contributed by atoms with Gasteiger partial charge in [-0.25, -0.2) is 0 Å². The topological polar surface area (TPSA) is 12.0 Å². The zero-order chi connectivity index (χ0) is 14.6. The molecule has 1 aliphatic carbocycles. The molecule has 1 heteroatoms. The Balaban J connectivity index is 1.86. The normalized spacial score (nSPS) is 17.2. The van der Waals surface area contributed by atoms with Crippen molar-refractivity contribution in [1.82, 2.24) is 5.32 Å². The molecular weight excluding hydrogens is 242 g/mol. The molecule has 20 heavy (non-hydrogen) atoms. The molecule has 1 nitrogen and oxygen atoms in total. The van der Waals surface area contributed by atoms with Crippen molar-refractivity contribution in [1.29, 1.82) is 0 Å². The van der Waals surface area contributed by atoms with Crippen LogP contribution in [0.5, 0.6) is 0 Å². The van der Waals surface area contributed by atoms with Gasteiger partial charge in [-0.2, -0.15) is 0 Å². The fraction of sp³-hybridized carbons (Fsp3) is 0.684. The zero-order valence-corrected chi connectivity index (χ0v) is 13.7. The molecule has 1 unspecified atom stereocenters. The second kappa shape index (κ2) is 6.76. The molecule has 112 valence electrons. The van der Waals surface area contributed by atoms with Crippen LogP contribution >= 0.6 is 0 Å². The van der Waals surface area contributed by atoms with Crippen molar-refractivity contribution < 1.29 is 0 Å². The van der Waals surface area contributed by atoms with Gasteiger partial charge >= 0.3 is 0 Å². The molecule has 2 rings (SSSR count). The monoisotopic (exact) mass is 273 g/mol. The first-order valence-electron chi connectivity index (χ1n) is 8.33. The fourth-order valence-corrected chi connectivity index (χ4v) is 2.83. The van der Waals surface area contributed by atoms with Gasteiger partial charge < -0.3 is 5.32 Å². The summed E-state index contributed by atoms with van der Waals surface area (Å²) in [4.78, 5) is 0. The maximum Gasteiger partial charge on any atom is 0.00984 e. The van der Waals surface area contributed by atoms with Gasteiger partial charge in [-0.05, 0) is 61.1 Å². The molecule has 1 atom stereocenters. The van der Waals surface area contributed by atoms with Crippen molar-refractivity contribution in [3.63, 3.8) is 0 Å². The Hall–Kier alpha value is -0.820. The van der Waals surface area contributed by atoms with E-state index < -0.39 is 0 Å². The van der Waals surface area contributed by atoms with Crippen LogP contribution in [-0.2, 0) is 11.8 Å². The first-order chi connectivity index (χ1) is 9.50. The minimum atomic E-state index is 0.262. The van der Waals surface area contributed by atoms with Gasteiger partial charge in [0.2, 0.25) is 0 Å². The molecule has 1 aliphatic rings. The van der Waals surface area contributed by atoms with E-state index >= 15 is 0 Å². The van der Waals surface area contributed by atoms with E-state index in [4.69, 9.17) is 0 Å². The average Bonchev–Trinajstić information content (AvgIpc) is 3.23. The summed E-state index contributed by atoms with van der Waals surface area (Å²) in [6, 6.07) is 10.0. The Labute approximate surface area is 125 Å². The molecule has 0 saturated heterocycles. The number of rotatable bonds is 7. The number of hydrogen-bond donors (Lipinski definition) is 1.